The Morgan fingerprint density at radius 1 is 1.22 bits per heavy atom. The average Bonchev–Trinajstić information content (AvgIpc) is 2.72. The lowest BCUT2D eigenvalue weighted by molar-refractivity contribution is 0.598. The second-order valence-electron chi connectivity index (χ2n) is 4.28. The Labute approximate surface area is 106 Å². The van der Waals surface area contributed by atoms with Gasteiger partial charge in [-0.2, -0.15) is 5.10 Å². The van der Waals surface area contributed by atoms with Crippen molar-refractivity contribution >= 4 is 21.4 Å². The van der Waals surface area contributed by atoms with Crippen molar-refractivity contribution in [3.63, 3.8) is 0 Å². The molecule has 0 saturated heterocycles. The number of nitrogens with zero attached hydrogens (tertiary/aromatic N) is 1. The number of hydrogen-bond acceptors (Lipinski definition) is 4. The molecule has 96 valence electrons. The summed E-state index contributed by atoms with van der Waals surface area (Å²) in [5.41, 5.74) is 5.95. The largest absolute Gasteiger partial charge is 0.278 e. The third kappa shape index (κ3) is 3.18. The monoisotopic (exact) mass is 265 g/mol. The van der Waals surface area contributed by atoms with Crippen LogP contribution in [0.1, 0.15) is 19.8 Å². The number of benzene rings is 1. The van der Waals surface area contributed by atoms with Crippen molar-refractivity contribution in [2.45, 2.75) is 24.7 Å². The lowest BCUT2D eigenvalue weighted by Gasteiger charge is -2.02. The van der Waals surface area contributed by atoms with Gasteiger partial charge in [-0.25, -0.2) is 13.6 Å². The molecular formula is C12H15N3O2S. The molecule has 5 nitrogen and oxygen atoms in total. The van der Waals surface area contributed by atoms with E-state index in [-0.39, 0.29) is 4.90 Å². The third-order valence-electron chi connectivity index (χ3n) is 2.70. The minimum absolute atomic E-state index is 0.0947. The van der Waals surface area contributed by atoms with Crippen LogP contribution in [-0.2, 0) is 10.0 Å². The van der Waals surface area contributed by atoms with Crippen LogP contribution in [0.5, 0.6) is 0 Å². The van der Waals surface area contributed by atoms with E-state index in [2.05, 4.69) is 17.5 Å². The van der Waals surface area contributed by atoms with Crippen LogP contribution in [-0.4, -0.2) is 14.1 Å². The average molecular weight is 265 g/mol. The maximum atomic E-state index is 11.1. The van der Waals surface area contributed by atoms with E-state index in [4.69, 9.17) is 5.14 Å². The molecule has 0 unspecified atom stereocenters. The minimum Gasteiger partial charge on any atom is -0.278 e. The minimum atomic E-state index is -3.63. The van der Waals surface area contributed by atoms with E-state index in [0.29, 0.717) is 0 Å². The van der Waals surface area contributed by atoms with Crippen LogP contribution in [0.4, 0.5) is 5.69 Å². The fraction of sp³-hybridized carbons (Fsp3) is 0.250. The number of rotatable bonds is 3. The zero-order valence-corrected chi connectivity index (χ0v) is 10.9. The van der Waals surface area contributed by atoms with Crippen molar-refractivity contribution in [3.8, 4) is 0 Å². The first-order valence-corrected chi connectivity index (χ1v) is 7.12. The van der Waals surface area contributed by atoms with Crippen LogP contribution < -0.4 is 10.6 Å². The first-order valence-electron chi connectivity index (χ1n) is 5.58. The van der Waals surface area contributed by atoms with E-state index < -0.39 is 10.0 Å². The van der Waals surface area contributed by atoms with Crippen LogP contribution in [0.3, 0.4) is 0 Å². The second kappa shape index (κ2) is 4.91. The second-order valence-corrected chi connectivity index (χ2v) is 5.84. The van der Waals surface area contributed by atoms with E-state index in [0.717, 1.165) is 24.2 Å². The van der Waals surface area contributed by atoms with Crippen molar-refractivity contribution < 1.29 is 8.42 Å². The van der Waals surface area contributed by atoms with Gasteiger partial charge in [0.1, 0.15) is 0 Å². The van der Waals surface area contributed by atoms with Crippen LogP contribution in [0.25, 0.3) is 0 Å². The standard InChI is InChI=1S/C12H15N3O2S/c1-9-2-3-11(8-9)15-14-10-4-6-12(7-5-10)18(13,16)17/h4-8,14H,2-3H2,1H3,(H2,13,16,17). The number of sulfonamides is 1. The predicted molar refractivity (Wildman–Crippen MR) is 71.9 cm³/mol. The van der Waals surface area contributed by atoms with Crippen molar-refractivity contribution in [1.29, 1.82) is 0 Å². The number of primary sulfonamides is 1. The summed E-state index contributed by atoms with van der Waals surface area (Å²) >= 11 is 0. The Hall–Kier alpha value is -1.66. The van der Waals surface area contributed by atoms with Gasteiger partial charge in [0.15, 0.2) is 0 Å². The molecule has 0 fully saturated rings. The van der Waals surface area contributed by atoms with E-state index in [1.165, 1.54) is 17.7 Å². The lowest BCUT2D eigenvalue weighted by atomic mass is 10.3. The molecule has 0 aromatic heterocycles. The Kier molecular flexibility index (Phi) is 3.49. The van der Waals surface area contributed by atoms with E-state index >= 15 is 0 Å². The maximum absolute atomic E-state index is 11.1. The quantitative estimate of drug-likeness (QED) is 0.818. The van der Waals surface area contributed by atoms with Gasteiger partial charge in [0, 0.05) is 0 Å². The van der Waals surface area contributed by atoms with Gasteiger partial charge in [-0.3, -0.25) is 5.43 Å². The summed E-state index contributed by atoms with van der Waals surface area (Å²) in [7, 11) is -3.63. The molecule has 18 heavy (non-hydrogen) atoms. The van der Waals surface area contributed by atoms with Crippen LogP contribution in [0.2, 0.25) is 0 Å². The molecule has 1 aliphatic carbocycles. The highest BCUT2D eigenvalue weighted by Gasteiger charge is 2.07. The molecule has 0 aliphatic heterocycles. The number of nitrogens with one attached hydrogen (secondary N) is 1. The van der Waals surface area contributed by atoms with Gasteiger partial charge in [0.05, 0.1) is 16.3 Å². The number of nitrogens with two attached hydrogens (primary N) is 1. The number of hydrogen-bond donors (Lipinski definition) is 2. The summed E-state index contributed by atoms with van der Waals surface area (Å²) in [5.74, 6) is 0. The van der Waals surface area contributed by atoms with E-state index in [1.54, 1.807) is 12.1 Å². The highest BCUT2D eigenvalue weighted by atomic mass is 32.2. The molecule has 0 amide bonds. The van der Waals surface area contributed by atoms with Crippen molar-refractivity contribution in [1.82, 2.24) is 0 Å². The highest BCUT2D eigenvalue weighted by Crippen LogP contribution is 2.16. The fourth-order valence-corrected chi connectivity index (χ4v) is 2.21. The summed E-state index contributed by atoms with van der Waals surface area (Å²) in [6.07, 6.45) is 4.03. The summed E-state index contributed by atoms with van der Waals surface area (Å²) in [6, 6.07) is 6.17. The maximum Gasteiger partial charge on any atom is 0.238 e. The van der Waals surface area contributed by atoms with Crippen LogP contribution in [0.15, 0.2) is 45.9 Å². The summed E-state index contributed by atoms with van der Waals surface area (Å²) in [4.78, 5) is 0.0947. The van der Waals surface area contributed by atoms with Gasteiger partial charge in [0.25, 0.3) is 0 Å². The molecule has 0 heterocycles. The number of allylic oxidation sites excluding steroid dienone is 2. The molecule has 1 aliphatic rings. The Morgan fingerprint density at radius 2 is 1.89 bits per heavy atom. The molecule has 0 spiro atoms. The fourth-order valence-electron chi connectivity index (χ4n) is 1.70. The smallest absolute Gasteiger partial charge is 0.238 e. The summed E-state index contributed by atoms with van der Waals surface area (Å²) < 4.78 is 22.1. The molecule has 3 N–H and O–H groups in total. The zero-order chi connectivity index (χ0) is 13.2. The predicted octanol–water partition coefficient (Wildman–Crippen LogP) is 1.84. The molecule has 2 rings (SSSR count). The number of hydrazone groups is 1. The van der Waals surface area contributed by atoms with Gasteiger partial charge in [-0.05, 0) is 50.1 Å². The topological polar surface area (TPSA) is 84.5 Å². The van der Waals surface area contributed by atoms with E-state index in [9.17, 15) is 8.42 Å². The molecule has 0 bridgehead atoms. The van der Waals surface area contributed by atoms with Gasteiger partial charge in [-0.1, -0.05) is 5.57 Å². The summed E-state index contributed by atoms with van der Waals surface area (Å²) in [5, 5.41) is 9.26. The van der Waals surface area contributed by atoms with Crippen LogP contribution in [0, 0.1) is 0 Å². The van der Waals surface area contributed by atoms with Gasteiger partial charge in [-0.15, -0.1) is 0 Å². The SMILES string of the molecule is CC1=CC(=NNc2ccc(S(N)(=O)=O)cc2)CC1. The first-order chi connectivity index (χ1) is 8.45. The molecule has 0 atom stereocenters. The molecular weight excluding hydrogens is 250 g/mol. The van der Waals surface area contributed by atoms with Crippen molar-refractivity contribution in [2.75, 3.05) is 5.43 Å². The third-order valence-corrected chi connectivity index (χ3v) is 3.63. The molecule has 1 aromatic carbocycles. The molecule has 0 radical (unpaired) electrons. The van der Waals surface area contributed by atoms with Crippen molar-refractivity contribution in [2.24, 2.45) is 10.2 Å². The van der Waals surface area contributed by atoms with Gasteiger partial charge in [0.2, 0.25) is 10.0 Å². The zero-order valence-electron chi connectivity index (χ0n) is 10.1. The Balaban J connectivity index is 2.08. The normalized spacial score (nSPS) is 17.9. The van der Waals surface area contributed by atoms with Crippen molar-refractivity contribution in [3.05, 3.63) is 35.9 Å². The number of anilines is 1. The van der Waals surface area contributed by atoms with Gasteiger partial charge >= 0.3 is 0 Å². The van der Waals surface area contributed by atoms with Crippen LogP contribution >= 0.6 is 0 Å². The first kappa shape index (κ1) is 12.8. The Bertz CT molecular complexity index is 601. The lowest BCUT2D eigenvalue weighted by Crippen LogP contribution is -2.11. The highest BCUT2D eigenvalue weighted by molar-refractivity contribution is 7.89. The molecule has 0 saturated carbocycles. The summed E-state index contributed by atoms with van der Waals surface area (Å²) in [6.45, 7) is 2.07. The molecule has 1 aromatic rings. The van der Waals surface area contributed by atoms with Gasteiger partial charge < -0.3 is 0 Å². The van der Waals surface area contributed by atoms with E-state index in [1.807, 2.05) is 6.08 Å². The Morgan fingerprint density at radius 3 is 2.39 bits per heavy atom. The molecule has 6 heteroatoms.